The zero-order valence-corrected chi connectivity index (χ0v) is 9.94. The van der Waals surface area contributed by atoms with E-state index >= 15 is 0 Å². The van der Waals surface area contributed by atoms with E-state index in [4.69, 9.17) is 0 Å². The largest absolute Gasteiger partial charge is 0.244 e. The van der Waals surface area contributed by atoms with Crippen molar-refractivity contribution in [2.24, 2.45) is 5.92 Å². The van der Waals surface area contributed by atoms with E-state index in [2.05, 4.69) is 4.98 Å². The molecule has 1 aliphatic carbocycles. The lowest BCUT2D eigenvalue weighted by Crippen LogP contribution is -1.90. The van der Waals surface area contributed by atoms with Gasteiger partial charge in [0.2, 0.25) is 0 Å². The monoisotopic (exact) mass is 251 g/mol. The van der Waals surface area contributed by atoms with Gasteiger partial charge in [0.15, 0.2) is 11.6 Å². The summed E-state index contributed by atoms with van der Waals surface area (Å²) < 4.78 is 26.0. The molecule has 4 heteroatoms. The van der Waals surface area contributed by atoms with Gasteiger partial charge in [0.05, 0.1) is 11.2 Å². The molecule has 0 aliphatic heterocycles. The van der Waals surface area contributed by atoms with E-state index in [1.807, 2.05) is 0 Å². The van der Waals surface area contributed by atoms with Crippen molar-refractivity contribution >= 4 is 11.3 Å². The summed E-state index contributed by atoms with van der Waals surface area (Å²) in [5.41, 5.74) is 3.25. The molecule has 1 aliphatic rings. The smallest absolute Gasteiger partial charge is 0.159 e. The van der Waals surface area contributed by atoms with Crippen LogP contribution in [0.3, 0.4) is 0 Å². The lowest BCUT2D eigenvalue weighted by molar-refractivity contribution is 0.509. The second-order valence-corrected chi connectivity index (χ2v) is 5.34. The summed E-state index contributed by atoms with van der Waals surface area (Å²) in [7, 11) is 0. The van der Waals surface area contributed by atoms with Crippen LogP contribution in [0.2, 0.25) is 0 Å². The van der Waals surface area contributed by atoms with Crippen LogP contribution in [0.1, 0.15) is 17.7 Å². The van der Waals surface area contributed by atoms with Gasteiger partial charge in [-0.1, -0.05) is 0 Å². The van der Waals surface area contributed by atoms with E-state index in [-0.39, 0.29) is 0 Å². The maximum absolute atomic E-state index is 13.2. The zero-order chi connectivity index (χ0) is 11.8. The molecule has 0 bridgehead atoms. The molecule has 0 radical (unpaired) electrons. The van der Waals surface area contributed by atoms with Gasteiger partial charge >= 0.3 is 0 Å². The van der Waals surface area contributed by atoms with Gasteiger partial charge in [-0.15, -0.1) is 11.3 Å². The first kappa shape index (κ1) is 10.8. The highest BCUT2D eigenvalue weighted by Crippen LogP contribution is 2.37. The van der Waals surface area contributed by atoms with Crippen LogP contribution in [0.15, 0.2) is 23.7 Å². The normalized spacial score (nSPS) is 15.2. The molecule has 2 aromatic rings. The van der Waals surface area contributed by atoms with Crippen molar-refractivity contribution in [3.05, 3.63) is 40.2 Å². The standard InChI is InChI=1S/C13H11F2NS/c14-10-4-3-9(6-11(10)15)13-12(17-7-16-13)5-8-1-2-8/h3-4,6-8H,1-2,5H2. The van der Waals surface area contributed by atoms with Crippen LogP contribution >= 0.6 is 11.3 Å². The van der Waals surface area contributed by atoms with E-state index in [0.717, 1.165) is 24.1 Å². The molecular weight excluding hydrogens is 240 g/mol. The van der Waals surface area contributed by atoms with Crippen molar-refractivity contribution in [1.82, 2.24) is 4.98 Å². The van der Waals surface area contributed by atoms with Crippen LogP contribution in [0, 0.1) is 17.6 Å². The second kappa shape index (κ2) is 4.18. The number of thiazole rings is 1. The van der Waals surface area contributed by atoms with Gasteiger partial charge in [0.25, 0.3) is 0 Å². The summed E-state index contributed by atoms with van der Waals surface area (Å²) in [6.45, 7) is 0. The number of nitrogens with zero attached hydrogens (tertiary/aromatic N) is 1. The molecule has 3 rings (SSSR count). The van der Waals surface area contributed by atoms with Crippen molar-refractivity contribution in [2.45, 2.75) is 19.3 Å². The summed E-state index contributed by atoms with van der Waals surface area (Å²) in [6, 6.07) is 3.97. The third-order valence-electron chi connectivity index (χ3n) is 3.00. The Morgan fingerprint density at radius 3 is 2.76 bits per heavy atom. The molecule has 0 amide bonds. The van der Waals surface area contributed by atoms with Gasteiger partial charge in [-0.2, -0.15) is 0 Å². The second-order valence-electron chi connectivity index (χ2n) is 4.40. The van der Waals surface area contributed by atoms with Gasteiger partial charge in [-0.3, -0.25) is 0 Å². The molecule has 17 heavy (non-hydrogen) atoms. The van der Waals surface area contributed by atoms with E-state index in [1.54, 1.807) is 22.9 Å². The summed E-state index contributed by atoms with van der Waals surface area (Å²) in [5, 5.41) is 0. The molecule has 88 valence electrons. The predicted octanol–water partition coefficient (Wildman–Crippen LogP) is 4.04. The fourth-order valence-corrected chi connectivity index (χ4v) is 2.78. The molecule has 1 heterocycles. The number of rotatable bonds is 3. The Morgan fingerprint density at radius 1 is 1.24 bits per heavy atom. The number of hydrogen-bond donors (Lipinski definition) is 0. The summed E-state index contributed by atoms with van der Waals surface area (Å²) in [4.78, 5) is 5.45. The van der Waals surface area contributed by atoms with Crippen LogP contribution in [0.5, 0.6) is 0 Å². The van der Waals surface area contributed by atoms with Gasteiger partial charge in [-0.25, -0.2) is 13.8 Å². The molecule has 1 fully saturated rings. The molecule has 0 unspecified atom stereocenters. The number of halogens is 2. The first-order chi connectivity index (χ1) is 8.24. The highest BCUT2D eigenvalue weighted by molar-refractivity contribution is 7.10. The Morgan fingerprint density at radius 2 is 2.06 bits per heavy atom. The maximum atomic E-state index is 13.2. The highest BCUT2D eigenvalue weighted by Gasteiger charge is 2.24. The minimum Gasteiger partial charge on any atom is -0.244 e. The lowest BCUT2D eigenvalue weighted by Gasteiger charge is -2.02. The molecule has 0 saturated heterocycles. The number of aromatic nitrogens is 1. The fraction of sp³-hybridized carbons (Fsp3) is 0.308. The van der Waals surface area contributed by atoms with Crippen LogP contribution in [0.4, 0.5) is 8.78 Å². The van der Waals surface area contributed by atoms with Crippen molar-refractivity contribution in [2.75, 3.05) is 0 Å². The zero-order valence-electron chi connectivity index (χ0n) is 9.12. The Kier molecular flexibility index (Phi) is 2.67. The Labute approximate surface area is 102 Å². The third kappa shape index (κ3) is 2.22. The van der Waals surface area contributed by atoms with Crippen LogP contribution in [-0.4, -0.2) is 4.98 Å². The van der Waals surface area contributed by atoms with E-state index in [9.17, 15) is 8.78 Å². The summed E-state index contributed by atoms with van der Waals surface area (Å²) in [5.74, 6) is -0.861. The predicted molar refractivity (Wildman–Crippen MR) is 63.9 cm³/mol. The molecule has 0 spiro atoms. The summed E-state index contributed by atoms with van der Waals surface area (Å²) >= 11 is 1.60. The fourth-order valence-electron chi connectivity index (χ4n) is 1.88. The van der Waals surface area contributed by atoms with Crippen molar-refractivity contribution < 1.29 is 8.78 Å². The van der Waals surface area contributed by atoms with Crippen molar-refractivity contribution in [3.63, 3.8) is 0 Å². The van der Waals surface area contributed by atoms with Crippen molar-refractivity contribution in [1.29, 1.82) is 0 Å². The molecule has 1 nitrogen and oxygen atoms in total. The SMILES string of the molecule is Fc1ccc(-c2ncsc2CC2CC2)cc1F. The quantitative estimate of drug-likeness (QED) is 0.802. The van der Waals surface area contributed by atoms with Crippen LogP contribution in [0.25, 0.3) is 11.3 Å². The minimum absolute atomic E-state index is 0.667. The van der Waals surface area contributed by atoms with Crippen LogP contribution in [-0.2, 0) is 6.42 Å². The Hall–Kier alpha value is -1.29. The van der Waals surface area contributed by atoms with Crippen LogP contribution < -0.4 is 0 Å². The Bertz CT molecular complexity index is 546. The maximum Gasteiger partial charge on any atom is 0.159 e. The first-order valence-electron chi connectivity index (χ1n) is 5.62. The molecule has 0 atom stereocenters. The van der Waals surface area contributed by atoms with E-state index in [1.165, 1.54) is 23.8 Å². The molecule has 0 N–H and O–H groups in total. The van der Waals surface area contributed by atoms with Gasteiger partial charge in [-0.05, 0) is 43.4 Å². The topological polar surface area (TPSA) is 12.9 Å². The lowest BCUT2D eigenvalue weighted by atomic mass is 10.1. The third-order valence-corrected chi connectivity index (χ3v) is 3.86. The molecular formula is C13H11F2NS. The number of hydrogen-bond acceptors (Lipinski definition) is 2. The van der Waals surface area contributed by atoms with E-state index < -0.39 is 11.6 Å². The number of benzene rings is 1. The average Bonchev–Trinajstić information content (AvgIpc) is 3.00. The minimum atomic E-state index is -0.812. The molecule has 1 aromatic heterocycles. The van der Waals surface area contributed by atoms with Gasteiger partial charge < -0.3 is 0 Å². The molecule has 1 aromatic carbocycles. The van der Waals surface area contributed by atoms with E-state index in [0.29, 0.717) is 5.56 Å². The first-order valence-corrected chi connectivity index (χ1v) is 6.50. The van der Waals surface area contributed by atoms with Gasteiger partial charge in [0, 0.05) is 10.4 Å². The van der Waals surface area contributed by atoms with Crippen molar-refractivity contribution in [3.8, 4) is 11.3 Å². The van der Waals surface area contributed by atoms with Gasteiger partial charge in [0.1, 0.15) is 0 Å². The molecule has 1 saturated carbocycles. The average molecular weight is 251 g/mol. The Balaban J connectivity index is 1.96. The summed E-state index contributed by atoms with van der Waals surface area (Å²) in [6.07, 6.45) is 3.56. The highest BCUT2D eigenvalue weighted by atomic mass is 32.1.